The van der Waals surface area contributed by atoms with Gasteiger partial charge in [0.15, 0.2) is 0 Å². The van der Waals surface area contributed by atoms with Gasteiger partial charge in [-0.2, -0.15) is 0 Å². The van der Waals surface area contributed by atoms with E-state index < -0.39 is 5.67 Å². The molecule has 1 aliphatic rings. The number of ketones is 1. The lowest BCUT2D eigenvalue weighted by Gasteiger charge is -2.21. The second-order valence-electron chi connectivity index (χ2n) is 4.76. The molecule has 0 saturated heterocycles. The zero-order valence-electron chi connectivity index (χ0n) is 8.61. The number of alkyl halides is 1. The van der Waals surface area contributed by atoms with E-state index in [1.165, 1.54) is 0 Å². The van der Waals surface area contributed by atoms with Gasteiger partial charge in [-0.05, 0) is 45.4 Å². The van der Waals surface area contributed by atoms with Crippen LogP contribution in [0.2, 0.25) is 0 Å². The van der Waals surface area contributed by atoms with Gasteiger partial charge in [0.05, 0.1) is 0 Å². The molecule has 1 nitrogen and oxygen atoms in total. The maximum absolute atomic E-state index is 13.3. The minimum Gasteiger partial charge on any atom is -0.300 e. The predicted molar refractivity (Wildman–Crippen MR) is 51.4 cm³/mol. The largest absolute Gasteiger partial charge is 0.300 e. The third-order valence-electron chi connectivity index (χ3n) is 2.67. The minimum absolute atomic E-state index is 0.360. The van der Waals surface area contributed by atoms with Crippen molar-refractivity contribution in [1.29, 1.82) is 0 Å². The molecule has 1 rings (SSSR count). The monoisotopic (exact) mass is 186 g/mol. The third kappa shape index (κ3) is 4.39. The van der Waals surface area contributed by atoms with Crippen LogP contribution in [0.25, 0.3) is 0 Å². The van der Waals surface area contributed by atoms with Crippen LogP contribution in [0.1, 0.15) is 52.4 Å². The zero-order chi connectivity index (χ0) is 9.90. The number of hydrogen-bond donors (Lipinski definition) is 0. The summed E-state index contributed by atoms with van der Waals surface area (Å²) in [5, 5.41) is 0. The first-order valence-electron chi connectivity index (χ1n) is 5.18. The van der Waals surface area contributed by atoms with E-state index in [1.807, 2.05) is 0 Å². The van der Waals surface area contributed by atoms with Crippen LogP contribution in [0, 0.1) is 5.92 Å². The summed E-state index contributed by atoms with van der Waals surface area (Å²) in [4.78, 5) is 11.1. The molecule has 1 aliphatic carbocycles. The quantitative estimate of drug-likeness (QED) is 0.605. The van der Waals surface area contributed by atoms with Crippen molar-refractivity contribution in [2.45, 2.75) is 58.0 Å². The summed E-state index contributed by atoms with van der Waals surface area (Å²) in [5.74, 6) is 0.783. The molecule has 13 heavy (non-hydrogen) atoms. The SMILES string of the molecule is CC(C)(F)CC1CCCC(=O)CC1. The fourth-order valence-electron chi connectivity index (χ4n) is 2.11. The molecule has 1 atom stereocenters. The normalized spacial score (nSPS) is 25.8. The number of hydrogen-bond acceptors (Lipinski definition) is 1. The third-order valence-corrected chi connectivity index (χ3v) is 2.67. The summed E-state index contributed by atoms with van der Waals surface area (Å²) in [7, 11) is 0. The highest BCUT2D eigenvalue weighted by Crippen LogP contribution is 2.30. The molecule has 0 radical (unpaired) electrons. The number of rotatable bonds is 2. The number of halogens is 1. The smallest absolute Gasteiger partial charge is 0.132 e. The Morgan fingerprint density at radius 2 is 2.08 bits per heavy atom. The van der Waals surface area contributed by atoms with Crippen molar-refractivity contribution in [3.05, 3.63) is 0 Å². The Labute approximate surface area is 79.7 Å². The zero-order valence-corrected chi connectivity index (χ0v) is 8.61. The summed E-state index contributed by atoms with van der Waals surface area (Å²) in [6, 6.07) is 0. The van der Waals surface area contributed by atoms with E-state index in [-0.39, 0.29) is 0 Å². The van der Waals surface area contributed by atoms with Gasteiger partial charge in [0.1, 0.15) is 11.5 Å². The first-order chi connectivity index (χ1) is 5.97. The van der Waals surface area contributed by atoms with Gasteiger partial charge in [-0.15, -0.1) is 0 Å². The van der Waals surface area contributed by atoms with Gasteiger partial charge in [-0.1, -0.05) is 0 Å². The van der Waals surface area contributed by atoms with Crippen molar-refractivity contribution in [3.8, 4) is 0 Å². The first kappa shape index (κ1) is 10.7. The summed E-state index contributed by atoms with van der Waals surface area (Å²) >= 11 is 0. The Bertz CT molecular complexity index is 181. The van der Waals surface area contributed by atoms with Crippen LogP contribution in [-0.4, -0.2) is 11.5 Å². The second kappa shape index (κ2) is 4.21. The molecule has 1 unspecified atom stereocenters. The van der Waals surface area contributed by atoms with E-state index in [1.54, 1.807) is 13.8 Å². The molecule has 0 aromatic carbocycles. The van der Waals surface area contributed by atoms with Crippen LogP contribution >= 0.6 is 0 Å². The topological polar surface area (TPSA) is 17.1 Å². The van der Waals surface area contributed by atoms with E-state index in [2.05, 4.69) is 0 Å². The molecule has 0 bridgehead atoms. The average molecular weight is 186 g/mol. The minimum atomic E-state index is -1.07. The molecule has 1 fully saturated rings. The average Bonchev–Trinajstić information content (AvgIpc) is 2.12. The Morgan fingerprint density at radius 3 is 2.69 bits per heavy atom. The van der Waals surface area contributed by atoms with Gasteiger partial charge in [0.2, 0.25) is 0 Å². The maximum Gasteiger partial charge on any atom is 0.132 e. The van der Waals surface area contributed by atoms with Crippen molar-refractivity contribution in [1.82, 2.24) is 0 Å². The Morgan fingerprint density at radius 1 is 1.38 bits per heavy atom. The molecule has 0 amide bonds. The van der Waals surface area contributed by atoms with Crippen molar-refractivity contribution < 1.29 is 9.18 Å². The molecule has 1 saturated carbocycles. The molecule has 0 aromatic heterocycles. The summed E-state index contributed by atoms with van der Waals surface area (Å²) in [6.45, 7) is 3.25. The van der Waals surface area contributed by atoms with E-state index in [9.17, 15) is 9.18 Å². The van der Waals surface area contributed by atoms with Gasteiger partial charge in [0.25, 0.3) is 0 Å². The van der Waals surface area contributed by atoms with Gasteiger partial charge in [0, 0.05) is 12.8 Å². The van der Waals surface area contributed by atoms with Crippen molar-refractivity contribution in [2.75, 3.05) is 0 Å². The highest BCUT2D eigenvalue weighted by molar-refractivity contribution is 5.78. The van der Waals surface area contributed by atoms with Crippen LogP contribution in [0.4, 0.5) is 4.39 Å². The molecular weight excluding hydrogens is 167 g/mol. The fraction of sp³-hybridized carbons (Fsp3) is 0.909. The molecule has 0 aliphatic heterocycles. The van der Waals surface area contributed by atoms with E-state index in [0.717, 1.165) is 19.3 Å². The molecule has 0 heterocycles. The lowest BCUT2D eigenvalue weighted by atomic mass is 9.89. The highest BCUT2D eigenvalue weighted by Gasteiger charge is 2.24. The van der Waals surface area contributed by atoms with Crippen LogP contribution in [0.3, 0.4) is 0 Å². The second-order valence-corrected chi connectivity index (χ2v) is 4.76. The van der Waals surface area contributed by atoms with Crippen LogP contribution in [-0.2, 0) is 4.79 Å². The fourth-order valence-corrected chi connectivity index (χ4v) is 2.11. The molecule has 2 heteroatoms. The van der Waals surface area contributed by atoms with Crippen LogP contribution < -0.4 is 0 Å². The number of carbonyl (C=O) groups is 1. The molecule has 0 aromatic rings. The first-order valence-corrected chi connectivity index (χ1v) is 5.18. The lowest BCUT2D eigenvalue weighted by Crippen LogP contribution is -2.17. The Hall–Kier alpha value is -0.400. The maximum atomic E-state index is 13.3. The van der Waals surface area contributed by atoms with Gasteiger partial charge >= 0.3 is 0 Å². The lowest BCUT2D eigenvalue weighted by molar-refractivity contribution is -0.119. The van der Waals surface area contributed by atoms with Gasteiger partial charge in [-0.25, -0.2) is 4.39 Å². The standard InChI is InChI=1S/C11H19FO/c1-11(2,12)8-9-4-3-5-10(13)7-6-9/h9H,3-8H2,1-2H3. The van der Waals surface area contributed by atoms with E-state index in [0.29, 0.717) is 31.0 Å². The molecule has 76 valence electrons. The van der Waals surface area contributed by atoms with E-state index >= 15 is 0 Å². The van der Waals surface area contributed by atoms with Crippen LogP contribution in [0.5, 0.6) is 0 Å². The Balaban J connectivity index is 2.38. The number of carbonyl (C=O) groups excluding carboxylic acids is 1. The van der Waals surface area contributed by atoms with E-state index in [4.69, 9.17) is 0 Å². The van der Waals surface area contributed by atoms with Crippen molar-refractivity contribution in [3.63, 3.8) is 0 Å². The summed E-state index contributed by atoms with van der Waals surface area (Å²) < 4.78 is 13.3. The molecular formula is C11H19FO. The van der Waals surface area contributed by atoms with Crippen LogP contribution in [0.15, 0.2) is 0 Å². The van der Waals surface area contributed by atoms with Crippen molar-refractivity contribution >= 4 is 5.78 Å². The summed E-state index contributed by atoms with van der Waals surface area (Å²) in [6.07, 6.45) is 4.87. The van der Waals surface area contributed by atoms with Gasteiger partial charge in [-0.3, -0.25) is 4.79 Å². The summed E-state index contributed by atoms with van der Waals surface area (Å²) in [5.41, 5.74) is -1.07. The Kier molecular flexibility index (Phi) is 3.46. The molecule has 0 N–H and O–H groups in total. The van der Waals surface area contributed by atoms with Gasteiger partial charge < -0.3 is 0 Å². The number of Topliss-reactive ketones (excluding diaryl/α,β-unsaturated/α-hetero) is 1. The highest BCUT2D eigenvalue weighted by atomic mass is 19.1. The predicted octanol–water partition coefficient (Wildman–Crippen LogP) is 3.27. The molecule has 0 spiro atoms. The van der Waals surface area contributed by atoms with Crippen molar-refractivity contribution in [2.24, 2.45) is 5.92 Å².